The number of thiophene rings is 1. The number of fused-ring (bicyclic) bond motifs is 1. The molecule has 0 radical (unpaired) electrons. The van der Waals surface area contributed by atoms with Crippen molar-refractivity contribution < 1.29 is 0 Å². The quantitative estimate of drug-likeness (QED) is 0.674. The van der Waals surface area contributed by atoms with E-state index in [1.54, 1.807) is 0 Å². The Balaban J connectivity index is 1.91. The van der Waals surface area contributed by atoms with Crippen LogP contribution in [0.25, 0.3) is 10.1 Å². The van der Waals surface area contributed by atoms with Crippen LogP contribution in [0.15, 0.2) is 28.1 Å². The highest BCUT2D eigenvalue weighted by Gasteiger charge is 2.24. The van der Waals surface area contributed by atoms with Crippen LogP contribution in [0, 0.1) is 5.92 Å². The maximum atomic E-state index is 3.69. The lowest BCUT2D eigenvalue weighted by molar-refractivity contribution is 0.301. The van der Waals surface area contributed by atoms with Gasteiger partial charge in [0, 0.05) is 15.2 Å². The van der Waals surface area contributed by atoms with Crippen molar-refractivity contribution in [1.82, 2.24) is 5.32 Å². The molecule has 1 aromatic carbocycles. The molecule has 1 heterocycles. The predicted octanol–water partition coefficient (Wildman–Crippen LogP) is 6.28. The third-order valence-electron chi connectivity index (χ3n) is 4.85. The normalized spacial score (nSPS) is 19.3. The van der Waals surface area contributed by atoms with Crippen molar-refractivity contribution in [3.05, 3.63) is 33.6 Å². The van der Waals surface area contributed by atoms with E-state index in [2.05, 4.69) is 51.9 Å². The van der Waals surface area contributed by atoms with Crippen molar-refractivity contribution in [3.63, 3.8) is 0 Å². The van der Waals surface area contributed by atoms with E-state index in [1.165, 1.54) is 65.1 Å². The first kappa shape index (κ1) is 15.5. The first-order chi connectivity index (χ1) is 10.3. The van der Waals surface area contributed by atoms with Gasteiger partial charge in [0.1, 0.15) is 0 Å². The molecule has 0 amide bonds. The van der Waals surface area contributed by atoms with Gasteiger partial charge in [-0.2, -0.15) is 0 Å². The summed E-state index contributed by atoms with van der Waals surface area (Å²) in [6.07, 6.45) is 9.81. The number of hydrogen-bond donors (Lipinski definition) is 1. The van der Waals surface area contributed by atoms with E-state index >= 15 is 0 Å². The maximum Gasteiger partial charge on any atom is 0.0488 e. The second kappa shape index (κ2) is 7.26. The molecule has 0 aliphatic heterocycles. The van der Waals surface area contributed by atoms with Crippen LogP contribution in [-0.2, 0) is 0 Å². The van der Waals surface area contributed by atoms with Crippen molar-refractivity contribution in [1.29, 1.82) is 0 Å². The third kappa shape index (κ3) is 3.35. The molecule has 1 atom stereocenters. The van der Waals surface area contributed by atoms with E-state index in [0.29, 0.717) is 6.04 Å². The minimum atomic E-state index is 0.506. The molecule has 21 heavy (non-hydrogen) atoms. The number of nitrogens with one attached hydrogen (secondary N) is 1. The van der Waals surface area contributed by atoms with E-state index in [9.17, 15) is 0 Å². The molecule has 1 aliphatic rings. The van der Waals surface area contributed by atoms with Gasteiger partial charge in [-0.05, 0) is 64.1 Å². The Kier molecular flexibility index (Phi) is 5.36. The van der Waals surface area contributed by atoms with Gasteiger partial charge in [0.05, 0.1) is 0 Å². The van der Waals surface area contributed by atoms with Crippen LogP contribution in [0.5, 0.6) is 0 Å². The summed E-state index contributed by atoms with van der Waals surface area (Å²) in [5.41, 5.74) is 1.50. The second-order valence-corrected chi connectivity index (χ2v) is 7.91. The highest BCUT2D eigenvalue weighted by atomic mass is 79.9. The van der Waals surface area contributed by atoms with Crippen LogP contribution in [0.4, 0.5) is 0 Å². The van der Waals surface area contributed by atoms with Crippen LogP contribution >= 0.6 is 27.3 Å². The summed E-state index contributed by atoms with van der Waals surface area (Å²) in [5, 5.41) is 7.42. The summed E-state index contributed by atoms with van der Waals surface area (Å²) in [6.45, 7) is 0. The highest BCUT2D eigenvalue weighted by molar-refractivity contribution is 9.10. The summed E-state index contributed by atoms with van der Waals surface area (Å²) >= 11 is 5.56. The number of hydrogen-bond acceptors (Lipinski definition) is 2. The van der Waals surface area contributed by atoms with Crippen LogP contribution in [0.1, 0.15) is 56.6 Å². The van der Waals surface area contributed by atoms with Gasteiger partial charge in [0.25, 0.3) is 0 Å². The molecule has 3 heteroatoms. The van der Waals surface area contributed by atoms with E-state index in [0.717, 1.165) is 5.92 Å². The Bertz CT molecular complexity index is 584. The van der Waals surface area contributed by atoms with Crippen molar-refractivity contribution >= 4 is 37.4 Å². The largest absolute Gasteiger partial charge is 0.313 e. The van der Waals surface area contributed by atoms with Crippen LogP contribution in [-0.4, -0.2) is 7.05 Å². The molecule has 0 bridgehead atoms. The van der Waals surface area contributed by atoms with Crippen molar-refractivity contribution in [3.8, 4) is 0 Å². The van der Waals surface area contributed by atoms with Crippen LogP contribution in [0.3, 0.4) is 0 Å². The zero-order valence-corrected chi connectivity index (χ0v) is 15.1. The standard InChI is InChI=1S/C18H24BrNS/c1-20-17(13-8-5-3-2-4-6-9-13)15-12-21-18-14(15)10-7-11-16(18)19/h7,10-13,17,20H,2-6,8-9H2,1H3. The Morgan fingerprint density at radius 3 is 2.57 bits per heavy atom. The Morgan fingerprint density at radius 1 is 1.14 bits per heavy atom. The molecular formula is C18H24BrNS. The lowest BCUT2D eigenvalue weighted by Crippen LogP contribution is -2.25. The number of rotatable bonds is 3. The van der Waals surface area contributed by atoms with Crippen molar-refractivity contribution in [2.24, 2.45) is 5.92 Å². The maximum absolute atomic E-state index is 3.69. The summed E-state index contributed by atoms with van der Waals surface area (Å²) in [5.74, 6) is 0.784. The van der Waals surface area contributed by atoms with Gasteiger partial charge in [0.2, 0.25) is 0 Å². The summed E-state index contributed by atoms with van der Waals surface area (Å²) in [6, 6.07) is 7.09. The van der Waals surface area contributed by atoms with Gasteiger partial charge in [-0.1, -0.05) is 44.2 Å². The van der Waals surface area contributed by atoms with E-state index in [1.807, 2.05) is 11.3 Å². The number of halogens is 1. The number of benzene rings is 1. The molecule has 0 saturated heterocycles. The molecular weight excluding hydrogens is 342 g/mol. The molecule has 2 aromatic rings. The van der Waals surface area contributed by atoms with Gasteiger partial charge >= 0.3 is 0 Å². The summed E-state index contributed by atoms with van der Waals surface area (Å²) in [4.78, 5) is 0. The fourth-order valence-electron chi connectivity index (χ4n) is 3.75. The minimum Gasteiger partial charge on any atom is -0.313 e. The monoisotopic (exact) mass is 365 g/mol. The zero-order chi connectivity index (χ0) is 14.7. The summed E-state index contributed by atoms with van der Waals surface area (Å²) < 4.78 is 2.61. The Morgan fingerprint density at radius 2 is 1.86 bits per heavy atom. The van der Waals surface area contributed by atoms with Gasteiger partial charge in [-0.15, -0.1) is 11.3 Å². The zero-order valence-electron chi connectivity index (χ0n) is 12.7. The molecule has 3 rings (SSSR count). The predicted molar refractivity (Wildman–Crippen MR) is 97.1 cm³/mol. The third-order valence-corrected chi connectivity index (χ3v) is 6.82. The average Bonchev–Trinajstić information content (AvgIpc) is 2.87. The lowest BCUT2D eigenvalue weighted by atomic mass is 9.83. The van der Waals surface area contributed by atoms with Crippen molar-refractivity contribution in [2.45, 2.75) is 51.0 Å². The molecule has 1 fully saturated rings. The second-order valence-electron chi connectivity index (χ2n) is 6.18. The lowest BCUT2D eigenvalue weighted by Gasteiger charge is -2.28. The van der Waals surface area contributed by atoms with E-state index in [4.69, 9.17) is 0 Å². The fourth-order valence-corrected chi connectivity index (χ4v) is 5.41. The first-order valence-electron chi connectivity index (χ1n) is 8.14. The molecule has 1 N–H and O–H groups in total. The van der Waals surface area contributed by atoms with Gasteiger partial charge in [0.15, 0.2) is 0 Å². The molecule has 1 aromatic heterocycles. The van der Waals surface area contributed by atoms with Gasteiger partial charge in [-0.25, -0.2) is 0 Å². The average molecular weight is 366 g/mol. The molecule has 1 aliphatic carbocycles. The minimum absolute atomic E-state index is 0.506. The molecule has 0 spiro atoms. The molecule has 1 saturated carbocycles. The smallest absolute Gasteiger partial charge is 0.0488 e. The Hall–Kier alpha value is -0.380. The topological polar surface area (TPSA) is 12.0 Å². The van der Waals surface area contributed by atoms with Crippen molar-refractivity contribution in [2.75, 3.05) is 7.05 Å². The van der Waals surface area contributed by atoms with Crippen LogP contribution < -0.4 is 5.32 Å². The Labute approximate surface area is 140 Å². The first-order valence-corrected chi connectivity index (χ1v) is 9.81. The van der Waals surface area contributed by atoms with Gasteiger partial charge < -0.3 is 5.32 Å². The molecule has 114 valence electrons. The SMILES string of the molecule is CNC(c1csc2c(Br)cccc12)C1CCCCCCC1. The van der Waals surface area contributed by atoms with Crippen LogP contribution in [0.2, 0.25) is 0 Å². The molecule has 1 nitrogen and oxygen atoms in total. The van der Waals surface area contributed by atoms with E-state index in [-0.39, 0.29) is 0 Å². The highest BCUT2D eigenvalue weighted by Crippen LogP contribution is 2.40. The summed E-state index contributed by atoms with van der Waals surface area (Å²) in [7, 11) is 2.13. The van der Waals surface area contributed by atoms with Gasteiger partial charge in [-0.3, -0.25) is 0 Å². The van der Waals surface area contributed by atoms with E-state index < -0.39 is 0 Å². The molecule has 1 unspecified atom stereocenters. The fraction of sp³-hybridized carbons (Fsp3) is 0.556.